The van der Waals surface area contributed by atoms with Gasteiger partial charge in [0.2, 0.25) is 0 Å². The van der Waals surface area contributed by atoms with Gasteiger partial charge in [-0.05, 0) is 55.8 Å². The average molecular weight is 386 g/mol. The minimum absolute atomic E-state index is 0.123. The molecule has 0 heterocycles. The molecule has 2 aromatic carbocycles. The fourth-order valence-electron chi connectivity index (χ4n) is 2.22. The van der Waals surface area contributed by atoms with Crippen LogP contribution in [0.3, 0.4) is 0 Å². The van der Waals surface area contributed by atoms with Gasteiger partial charge >= 0.3 is 5.97 Å². The van der Waals surface area contributed by atoms with Crippen LogP contribution in [0.1, 0.15) is 12.5 Å². The van der Waals surface area contributed by atoms with E-state index < -0.39 is 28.4 Å². The number of esters is 1. The van der Waals surface area contributed by atoms with Crippen LogP contribution in [0.15, 0.2) is 47.4 Å². The molecule has 0 N–H and O–H groups in total. The highest BCUT2D eigenvalue weighted by Gasteiger charge is 2.29. The summed E-state index contributed by atoms with van der Waals surface area (Å²) in [6.07, 6.45) is 0. The molecule has 0 atom stereocenters. The topological polar surface area (TPSA) is 63.7 Å². The number of rotatable bonds is 6. The Balaban J connectivity index is 2.56. The summed E-state index contributed by atoms with van der Waals surface area (Å²) in [5.41, 5.74) is 0.754. The number of ether oxygens (including phenoxy) is 1. The number of halogens is 2. The minimum Gasteiger partial charge on any atom is -0.465 e. The first kappa shape index (κ1) is 19.2. The van der Waals surface area contributed by atoms with Crippen molar-refractivity contribution in [2.75, 3.05) is 17.5 Å². The van der Waals surface area contributed by atoms with Gasteiger partial charge in [0.15, 0.2) is 0 Å². The smallest absolute Gasteiger partial charge is 0.326 e. The fraction of sp³-hybridized carbons (Fsp3) is 0.235. The predicted molar refractivity (Wildman–Crippen MR) is 93.8 cm³/mol. The van der Waals surface area contributed by atoms with Crippen LogP contribution in [0, 0.1) is 12.7 Å². The summed E-state index contributed by atoms with van der Waals surface area (Å²) in [5, 5.41) is 0.362. The number of sulfonamides is 1. The van der Waals surface area contributed by atoms with E-state index in [2.05, 4.69) is 0 Å². The van der Waals surface area contributed by atoms with E-state index >= 15 is 0 Å². The third-order valence-electron chi connectivity index (χ3n) is 3.49. The van der Waals surface area contributed by atoms with Crippen molar-refractivity contribution in [2.45, 2.75) is 18.7 Å². The normalized spacial score (nSPS) is 11.2. The Bertz CT molecular complexity index is 869. The van der Waals surface area contributed by atoms with Crippen LogP contribution in [0.4, 0.5) is 10.1 Å². The highest BCUT2D eigenvalue weighted by atomic mass is 35.5. The quantitative estimate of drug-likeness (QED) is 0.713. The number of hydrogen-bond acceptors (Lipinski definition) is 4. The molecule has 5 nitrogen and oxygen atoms in total. The van der Waals surface area contributed by atoms with Crippen molar-refractivity contribution in [2.24, 2.45) is 0 Å². The largest absolute Gasteiger partial charge is 0.465 e. The Kier molecular flexibility index (Phi) is 6.02. The first-order valence-electron chi connectivity index (χ1n) is 7.46. The zero-order valence-electron chi connectivity index (χ0n) is 13.7. The molecule has 0 amide bonds. The van der Waals surface area contributed by atoms with Gasteiger partial charge in [-0.15, -0.1) is 0 Å². The maximum absolute atomic E-state index is 13.1. The molecule has 2 aromatic rings. The Hall–Kier alpha value is -2.12. The van der Waals surface area contributed by atoms with E-state index in [-0.39, 0.29) is 17.2 Å². The van der Waals surface area contributed by atoms with Crippen LogP contribution in [0.2, 0.25) is 5.02 Å². The molecule has 0 saturated carbocycles. The highest BCUT2D eigenvalue weighted by molar-refractivity contribution is 7.92. The standard InChI is InChI=1S/C17H17ClFNO4S/c1-3-24-17(21)11-20(16-6-4-5-15(18)12(16)2)25(22,23)14-9-7-13(19)8-10-14/h4-10H,3,11H2,1-2H3. The van der Waals surface area contributed by atoms with Crippen LogP contribution in [0.25, 0.3) is 0 Å². The van der Waals surface area contributed by atoms with Gasteiger partial charge in [-0.1, -0.05) is 17.7 Å². The number of nitrogens with zero attached hydrogens (tertiary/aromatic N) is 1. The molecule has 8 heteroatoms. The zero-order valence-corrected chi connectivity index (χ0v) is 15.3. The van der Waals surface area contributed by atoms with E-state index in [0.29, 0.717) is 10.6 Å². The average Bonchev–Trinajstić information content (AvgIpc) is 2.56. The number of hydrogen-bond donors (Lipinski definition) is 0. The molecule has 0 aliphatic heterocycles. The number of benzene rings is 2. The summed E-state index contributed by atoms with van der Waals surface area (Å²) in [4.78, 5) is 11.8. The van der Waals surface area contributed by atoms with E-state index in [0.717, 1.165) is 28.6 Å². The molecule has 0 aromatic heterocycles. The molecular weight excluding hydrogens is 369 g/mol. The maximum atomic E-state index is 13.1. The minimum atomic E-state index is -4.12. The Morgan fingerprint density at radius 1 is 1.20 bits per heavy atom. The van der Waals surface area contributed by atoms with E-state index in [1.165, 1.54) is 0 Å². The zero-order chi connectivity index (χ0) is 18.6. The Morgan fingerprint density at radius 2 is 1.84 bits per heavy atom. The number of carbonyl (C=O) groups excluding carboxylic acids is 1. The fourth-order valence-corrected chi connectivity index (χ4v) is 3.86. The number of carbonyl (C=O) groups is 1. The molecule has 134 valence electrons. The van der Waals surface area contributed by atoms with Crippen molar-refractivity contribution >= 4 is 33.3 Å². The second kappa shape index (κ2) is 7.84. The van der Waals surface area contributed by atoms with E-state index in [1.54, 1.807) is 32.0 Å². The summed E-state index contributed by atoms with van der Waals surface area (Å²) in [7, 11) is -4.12. The molecule has 0 saturated heterocycles. The van der Waals surface area contributed by atoms with Crippen LogP contribution >= 0.6 is 11.6 Å². The first-order chi connectivity index (χ1) is 11.8. The molecule has 0 bridgehead atoms. The lowest BCUT2D eigenvalue weighted by Gasteiger charge is -2.25. The van der Waals surface area contributed by atoms with Gasteiger partial charge in [0.1, 0.15) is 12.4 Å². The summed E-state index contributed by atoms with van der Waals surface area (Å²) < 4.78 is 44.9. The SMILES string of the molecule is CCOC(=O)CN(c1cccc(Cl)c1C)S(=O)(=O)c1ccc(F)cc1. The van der Waals surface area contributed by atoms with Gasteiger partial charge in [-0.25, -0.2) is 12.8 Å². The van der Waals surface area contributed by atoms with E-state index in [4.69, 9.17) is 16.3 Å². The molecule has 2 rings (SSSR count). The van der Waals surface area contributed by atoms with Crippen molar-refractivity contribution in [1.82, 2.24) is 0 Å². The molecule has 0 fully saturated rings. The van der Waals surface area contributed by atoms with Gasteiger partial charge in [0, 0.05) is 5.02 Å². The Morgan fingerprint density at radius 3 is 2.44 bits per heavy atom. The third kappa shape index (κ3) is 4.29. The second-order valence-electron chi connectivity index (χ2n) is 5.15. The van der Waals surface area contributed by atoms with Crippen LogP contribution in [-0.2, 0) is 19.6 Å². The van der Waals surface area contributed by atoms with E-state index in [1.807, 2.05) is 0 Å². The molecule has 0 radical (unpaired) electrons. The van der Waals surface area contributed by atoms with Gasteiger partial charge in [0.05, 0.1) is 17.2 Å². The molecular formula is C17H17ClFNO4S. The summed E-state index contributed by atoms with van der Waals surface area (Å²) >= 11 is 6.09. The maximum Gasteiger partial charge on any atom is 0.326 e. The highest BCUT2D eigenvalue weighted by Crippen LogP contribution is 2.30. The van der Waals surface area contributed by atoms with Crippen molar-refractivity contribution in [3.8, 4) is 0 Å². The van der Waals surface area contributed by atoms with Crippen LogP contribution < -0.4 is 4.31 Å². The van der Waals surface area contributed by atoms with Gasteiger partial charge < -0.3 is 4.74 Å². The van der Waals surface area contributed by atoms with Crippen molar-refractivity contribution in [3.05, 3.63) is 58.9 Å². The lowest BCUT2D eigenvalue weighted by atomic mass is 10.2. The third-order valence-corrected chi connectivity index (χ3v) is 5.67. The lowest BCUT2D eigenvalue weighted by molar-refractivity contribution is -0.141. The molecule has 0 aliphatic rings. The summed E-state index contributed by atoms with van der Waals surface area (Å²) in [5.74, 6) is -1.26. The van der Waals surface area contributed by atoms with E-state index in [9.17, 15) is 17.6 Å². The van der Waals surface area contributed by atoms with Crippen molar-refractivity contribution in [3.63, 3.8) is 0 Å². The van der Waals surface area contributed by atoms with Crippen LogP contribution in [0.5, 0.6) is 0 Å². The van der Waals surface area contributed by atoms with Crippen molar-refractivity contribution in [1.29, 1.82) is 0 Å². The van der Waals surface area contributed by atoms with Gasteiger partial charge in [-0.3, -0.25) is 9.10 Å². The summed E-state index contributed by atoms with van der Waals surface area (Å²) in [6, 6.07) is 9.11. The monoisotopic (exact) mass is 385 g/mol. The molecule has 0 aliphatic carbocycles. The Labute approximate surface area is 151 Å². The molecule has 0 unspecified atom stereocenters. The predicted octanol–water partition coefficient (Wildman–Crippen LogP) is 3.55. The van der Waals surface area contributed by atoms with Crippen molar-refractivity contribution < 1.29 is 22.3 Å². The van der Waals surface area contributed by atoms with Crippen LogP contribution in [-0.4, -0.2) is 27.5 Å². The number of anilines is 1. The molecule has 0 spiro atoms. The molecule has 25 heavy (non-hydrogen) atoms. The summed E-state index contributed by atoms with van der Waals surface area (Å²) in [6.45, 7) is 2.88. The lowest BCUT2D eigenvalue weighted by Crippen LogP contribution is -2.37. The first-order valence-corrected chi connectivity index (χ1v) is 9.28. The van der Waals surface area contributed by atoms with Gasteiger partial charge in [-0.2, -0.15) is 0 Å². The van der Waals surface area contributed by atoms with Gasteiger partial charge in [0.25, 0.3) is 10.0 Å². The second-order valence-corrected chi connectivity index (χ2v) is 7.42.